The predicted octanol–water partition coefficient (Wildman–Crippen LogP) is 4.33. The predicted molar refractivity (Wildman–Crippen MR) is 112 cm³/mol. The summed E-state index contributed by atoms with van der Waals surface area (Å²) in [6, 6.07) is 22.4. The van der Waals surface area contributed by atoms with Crippen molar-refractivity contribution in [2.45, 2.75) is 18.2 Å². The van der Waals surface area contributed by atoms with E-state index in [0.717, 1.165) is 12.0 Å². The minimum Gasteiger partial charge on any atom is -0.322 e. The lowest BCUT2D eigenvalue weighted by Crippen LogP contribution is -2.26. The first-order valence-electron chi connectivity index (χ1n) is 8.96. The summed E-state index contributed by atoms with van der Waals surface area (Å²) < 4.78 is 26.8. The Hall–Kier alpha value is -3.12. The number of carbonyl (C=O) groups excluding carboxylic acids is 1. The van der Waals surface area contributed by atoms with Crippen LogP contribution in [-0.2, 0) is 16.4 Å². The van der Waals surface area contributed by atoms with Crippen molar-refractivity contribution >= 4 is 27.3 Å². The van der Waals surface area contributed by atoms with E-state index >= 15 is 0 Å². The molecule has 1 amide bonds. The maximum absolute atomic E-state index is 12.8. The van der Waals surface area contributed by atoms with Crippen molar-refractivity contribution in [3.8, 4) is 0 Å². The highest BCUT2D eigenvalue weighted by molar-refractivity contribution is 7.92. The monoisotopic (exact) mass is 394 g/mol. The second-order valence-corrected chi connectivity index (χ2v) is 8.31. The van der Waals surface area contributed by atoms with Gasteiger partial charge in [-0.15, -0.1) is 0 Å². The topological polar surface area (TPSA) is 66.5 Å². The van der Waals surface area contributed by atoms with Gasteiger partial charge in [-0.25, -0.2) is 8.42 Å². The van der Waals surface area contributed by atoms with E-state index < -0.39 is 10.0 Å². The fourth-order valence-corrected chi connectivity index (χ4v) is 3.98. The van der Waals surface area contributed by atoms with E-state index in [4.69, 9.17) is 0 Å². The molecular formula is C22H22N2O3S. The van der Waals surface area contributed by atoms with Crippen molar-refractivity contribution in [3.63, 3.8) is 0 Å². The van der Waals surface area contributed by atoms with Crippen LogP contribution in [0.1, 0.15) is 22.8 Å². The molecule has 0 saturated heterocycles. The standard InChI is InChI=1S/C22H22N2O3S/c1-3-17-8-7-9-19(16-17)23-22(25)18-12-14-21(15-13-18)28(26,27)24(2)20-10-5-4-6-11-20/h4-16H,3H2,1-2H3,(H,23,25). The van der Waals surface area contributed by atoms with Crippen LogP contribution in [0.15, 0.2) is 83.8 Å². The van der Waals surface area contributed by atoms with Gasteiger partial charge in [0.15, 0.2) is 0 Å². The molecule has 0 bridgehead atoms. The zero-order valence-electron chi connectivity index (χ0n) is 15.8. The second kappa shape index (κ2) is 8.27. The third kappa shape index (κ3) is 4.23. The molecule has 0 aliphatic rings. The van der Waals surface area contributed by atoms with Gasteiger partial charge in [-0.2, -0.15) is 0 Å². The Morgan fingerprint density at radius 2 is 1.61 bits per heavy atom. The van der Waals surface area contributed by atoms with Crippen LogP contribution in [0.25, 0.3) is 0 Å². The summed E-state index contributed by atoms with van der Waals surface area (Å²) in [5.41, 5.74) is 2.80. The number of hydrogen-bond donors (Lipinski definition) is 1. The molecule has 28 heavy (non-hydrogen) atoms. The summed E-state index contributed by atoms with van der Waals surface area (Å²) in [7, 11) is -2.19. The molecule has 0 atom stereocenters. The number of anilines is 2. The lowest BCUT2D eigenvalue weighted by molar-refractivity contribution is 0.102. The SMILES string of the molecule is CCc1cccc(NC(=O)c2ccc(S(=O)(=O)N(C)c3ccccc3)cc2)c1. The van der Waals surface area contributed by atoms with Crippen molar-refractivity contribution in [1.29, 1.82) is 0 Å². The van der Waals surface area contributed by atoms with Gasteiger partial charge in [-0.05, 0) is 60.5 Å². The largest absolute Gasteiger partial charge is 0.322 e. The summed E-state index contributed by atoms with van der Waals surface area (Å²) in [5, 5.41) is 2.84. The molecule has 0 aliphatic heterocycles. The van der Waals surface area contributed by atoms with Crippen LogP contribution in [0.2, 0.25) is 0 Å². The quantitative estimate of drug-likeness (QED) is 0.677. The molecule has 6 heteroatoms. The van der Waals surface area contributed by atoms with Crippen LogP contribution in [0.5, 0.6) is 0 Å². The molecule has 0 aliphatic carbocycles. The second-order valence-electron chi connectivity index (χ2n) is 6.34. The molecule has 3 aromatic carbocycles. The average molecular weight is 394 g/mol. The van der Waals surface area contributed by atoms with Crippen LogP contribution >= 0.6 is 0 Å². The highest BCUT2D eigenvalue weighted by Gasteiger charge is 2.21. The molecule has 0 radical (unpaired) electrons. The summed E-state index contributed by atoms with van der Waals surface area (Å²) >= 11 is 0. The smallest absolute Gasteiger partial charge is 0.264 e. The number of benzene rings is 3. The zero-order valence-corrected chi connectivity index (χ0v) is 16.6. The summed E-state index contributed by atoms with van der Waals surface area (Å²) in [4.78, 5) is 12.6. The third-order valence-corrected chi connectivity index (χ3v) is 6.29. The van der Waals surface area contributed by atoms with Crippen LogP contribution < -0.4 is 9.62 Å². The number of nitrogens with zero attached hydrogens (tertiary/aromatic N) is 1. The lowest BCUT2D eigenvalue weighted by Gasteiger charge is -2.19. The van der Waals surface area contributed by atoms with Crippen molar-refractivity contribution in [2.75, 3.05) is 16.7 Å². The molecule has 5 nitrogen and oxygen atoms in total. The Balaban J connectivity index is 1.78. The van der Waals surface area contributed by atoms with E-state index in [-0.39, 0.29) is 10.8 Å². The van der Waals surface area contributed by atoms with E-state index in [1.807, 2.05) is 37.3 Å². The molecule has 0 saturated carbocycles. The summed E-state index contributed by atoms with van der Waals surface area (Å²) in [6.45, 7) is 2.05. The van der Waals surface area contributed by atoms with Crippen molar-refractivity contribution < 1.29 is 13.2 Å². The fourth-order valence-electron chi connectivity index (χ4n) is 2.79. The first kappa shape index (κ1) is 19.6. The number of para-hydroxylation sites is 1. The Labute approximate surface area is 165 Å². The van der Waals surface area contributed by atoms with E-state index in [0.29, 0.717) is 16.9 Å². The van der Waals surface area contributed by atoms with Gasteiger partial charge >= 0.3 is 0 Å². The number of amides is 1. The molecule has 0 aromatic heterocycles. The van der Waals surface area contributed by atoms with E-state index in [1.54, 1.807) is 24.3 Å². The molecule has 3 aromatic rings. The molecule has 0 spiro atoms. The molecule has 144 valence electrons. The molecule has 1 N–H and O–H groups in total. The minimum atomic E-state index is -3.70. The molecule has 0 fully saturated rings. The summed E-state index contributed by atoms with van der Waals surface area (Å²) in [6.07, 6.45) is 0.880. The van der Waals surface area contributed by atoms with Gasteiger partial charge in [-0.1, -0.05) is 37.3 Å². The Bertz CT molecular complexity index is 1060. The van der Waals surface area contributed by atoms with Gasteiger partial charge in [0.25, 0.3) is 15.9 Å². The fraction of sp³-hybridized carbons (Fsp3) is 0.136. The average Bonchev–Trinajstić information content (AvgIpc) is 2.74. The lowest BCUT2D eigenvalue weighted by atomic mass is 10.1. The van der Waals surface area contributed by atoms with Crippen LogP contribution in [-0.4, -0.2) is 21.4 Å². The van der Waals surface area contributed by atoms with Gasteiger partial charge in [-0.3, -0.25) is 9.10 Å². The van der Waals surface area contributed by atoms with Gasteiger partial charge in [0.05, 0.1) is 10.6 Å². The molecule has 0 unspecified atom stereocenters. The maximum atomic E-state index is 12.8. The molecule has 0 heterocycles. The number of aryl methyl sites for hydroxylation is 1. The number of sulfonamides is 1. The third-order valence-electron chi connectivity index (χ3n) is 4.49. The number of rotatable bonds is 6. The highest BCUT2D eigenvalue weighted by Crippen LogP contribution is 2.22. The first-order chi connectivity index (χ1) is 13.4. The van der Waals surface area contributed by atoms with Crippen LogP contribution in [0.3, 0.4) is 0 Å². The van der Waals surface area contributed by atoms with E-state index in [2.05, 4.69) is 5.32 Å². The Morgan fingerprint density at radius 3 is 2.25 bits per heavy atom. The van der Waals surface area contributed by atoms with E-state index in [1.165, 1.54) is 35.6 Å². The molecular weight excluding hydrogens is 372 g/mol. The molecule has 3 rings (SSSR count). The normalized spacial score (nSPS) is 11.1. The number of hydrogen-bond acceptors (Lipinski definition) is 3. The highest BCUT2D eigenvalue weighted by atomic mass is 32.2. The van der Waals surface area contributed by atoms with Crippen molar-refractivity contribution in [3.05, 3.63) is 90.0 Å². The van der Waals surface area contributed by atoms with Crippen LogP contribution in [0.4, 0.5) is 11.4 Å². The van der Waals surface area contributed by atoms with Crippen molar-refractivity contribution in [1.82, 2.24) is 0 Å². The van der Waals surface area contributed by atoms with Gasteiger partial charge < -0.3 is 5.32 Å². The number of nitrogens with one attached hydrogen (secondary N) is 1. The zero-order chi connectivity index (χ0) is 20.1. The van der Waals surface area contributed by atoms with Gasteiger partial charge in [0.1, 0.15) is 0 Å². The summed E-state index contributed by atoms with van der Waals surface area (Å²) in [5.74, 6) is -0.284. The minimum absolute atomic E-state index is 0.128. The van der Waals surface area contributed by atoms with Crippen LogP contribution in [0, 0.1) is 0 Å². The van der Waals surface area contributed by atoms with Crippen molar-refractivity contribution in [2.24, 2.45) is 0 Å². The van der Waals surface area contributed by atoms with E-state index in [9.17, 15) is 13.2 Å². The Kier molecular flexibility index (Phi) is 5.80. The first-order valence-corrected chi connectivity index (χ1v) is 10.4. The van der Waals surface area contributed by atoms with Gasteiger partial charge in [0, 0.05) is 18.3 Å². The van der Waals surface area contributed by atoms with Gasteiger partial charge in [0.2, 0.25) is 0 Å². The number of carbonyl (C=O) groups is 1. The Morgan fingerprint density at radius 1 is 0.929 bits per heavy atom. The maximum Gasteiger partial charge on any atom is 0.264 e.